The molecule has 0 saturated heterocycles. The molecule has 0 aliphatic rings. The Morgan fingerprint density at radius 3 is 2.03 bits per heavy atom. The van der Waals surface area contributed by atoms with Crippen LogP contribution >= 0.6 is 0 Å². The van der Waals surface area contributed by atoms with Crippen molar-refractivity contribution in [3.63, 3.8) is 0 Å². The van der Waals surface area contributed by atoms with Crippen molar-refractivity contribution in [3.05, 3.63) is 59.7 Å². The van der Waals surface area contributed by atoms with Crippen LogP contribution in [0.15, 0.2) is 48.5 Å². The van der Waals surface area contributed by atoms with Crippen LogP contribution in [0.4, 0.5) is 11.4 Å². The van der Waals surface area contributed by atoms with Crippen LogP contribution in [-0.4, -0.2) is 35.8 Å². The average Bonchev–Trinajstić information content (AvgIpc) is 2.65. The van der Waals surface area contributed by atoms with E-state index in [0.29, 0.717) is 22.5 Å². The Kier molecular flexibility index (Phi) is 7.58. The van der Waals surface area contributed by atoms with Crippen LogP contribution in [0.25, 0.3) is 0 Å². The van der Waals surface area contributed by atoms with Gasteiger partial charge in [-0.15, -0.1) is 0 Å². The SMILES string of the molecule is CC(C)NC(=O)c1cccc(NCC(=O)Nc2cccc(C(=O)NC(C)(C)C)c2)c1. The average molecular weight is 411 g/mol. The highest BCUT2D eigenvalue weighted by Gasteiger charge is 2.15. The summed E-state index contributed by atoms with van der Waals surface area (Å²) in [6.07, 6.45) is 0. The molecule has 0 aromatic heterocycles. The number of anilines is 2. The molecule has 0 unspecified atom stereocenters. The predicted octanol–water partition coefficient (Wildman–Crippen LogP) is 3.40. The molecule has 0 saturated carbocycles. The van der Waals surface area contributed by atoms with E-state index in [4.69, 9.17) is 0 Å². The van der Waals surface area contributed by atoms with Crippen molar-refractivity contribution >= 4 is 29.1 Å². The van der Waals surface area contributed by atoms with Gasteiger partial charge in [-0.25, -0.2) is 0 Å². The molecular formula is C23H30N4O3. The van der Waals surface area contributed by atoms with Crippen LogP contribution in [0.5, 0.6) is 0 Å². The van der Waals surface area contributed by atoms with Gasteiger partial charge in [-0.3, -0.25) is 14.4 Å². The minimum absolute atomic E-state index is 0.0215. The Morgan fingerprint density at radius 2 is 1.43 bits per heavy atom. The van der Waals surface area contributed by atoms with Gasteiger partial charge in [-0.05, 0) is 71.0 Å². The van der Waals surface area contributed by atoms with Crippen molar-refractivity contribution in [3.8, 4) is 0 Å². The molecule has 0 spiro atoms. The quantitative estimate of drug-likeness (QED) is 0.562. The van der Waals surface area contributed by atoms with Gasteiger partial charge in [0.15, 0.2) is 0 Å². The Hall–Kier alpha value is -3.35. The zero-order valence-corrected chi connectivity index (χ0v) is 18.1. The molecule has 2 rings (SSSR count). The minimum atomic E-state index is -0.346. The molecule has 4 N–H and O–H groups in total. The number of benzene rings is 2. The summed E-state index contributed by atoms with van der Waals surface area (Å²) >= 11 is 0. The fraction of sp³-hybridized carbons (Fsp3) is 0.348. The Balaban J connectivity index is 1.95. The molecule has 0 aliphatic heterocycles. The lowest BCUT2D eigenvalue weighted by Gasteiger charge is -2.20. The predicted molar refractivity (Wildman–Crippen MR) is 120 cm³/mol. The summed E-state index contributed by atoms with van der Waals surface area (Å²) in [6, 6.07) is 13.8. The third-order valence-corrected chi connectivity index (χ3v) is 3.89. The first kappa shape index (κ1) is 22.9. The molecule has 0 radical (unpaired) electrons. The lowest BCUT2D eigenvalue weighted by molar-refractivity contribution is -0.114. The minimum Gasteiger partial charge on any atom is -0.376 e. The van der Waals surface area contributed by atoms with Crippen LogP contribution in [0.1, 0.15) is 55.3 Å². The molecule has 0 bridgehead atoms. The number of rotatable bonds is 7. The molecule has 2 aromatic carbocycles. The molecule has 0 atom stereocenters. The summed E-state index contributed by atoms with van der Waals surface area (Å²) in [4.78, 5) is 36.7. The van der Waals surface area contributed by atoms with Gasteiger partial charge >= 0.3 is 0 Å². The Bertz CT molecular complexity index is 917. The van der Waals surface area contributed by atoms with Gasteiger partial charge in [-0.2, -0.15) is 0 Å². The maximum absolute atomic E-state index is 12.3. The summed E-state index contributed by atoms with van der Waals surface area (Å²) in [5, 5.41) is 11.5. The Morgan fingerprint density at radius 1 is 0.867 bits per heavy atom. The standard InChI is InChI=1S/C23H30N4O3/c1-15(2)25-21(29)16-8-6-10-18(12-16)24-14-20(28)26-19-11-7-9-17(13-19)22(30)27-23(3,4)5/h6-13,15,24H,14H2,1-5H3,(H,25,29)(H,26,28)(H,27,30). The van der Waals surface area contributed by atoms with Gasteiger partial charge in [0.05, 0.1) is 6.54 Å². The first-order valence-electron chi connectivity index (χ1n) is 9.91. The number of nitrogens with one attached hydrogen (secondary N) is 4. The van der Waals surface area contributed by atoms with Gasteiger partial charge in [-0.1, -0.05) is 12.1 Å². The van der Waals surface area contributed by atoms with Crippen molar-refractivity contribution in [1.29, 1.82) is 0 Å². The van der Waals surface area contributed by atoms with Crippen molar-refractivity contribution in [1.82, 2.24) is 10.6 Å². The van der Waals surface area contributed by atoms with Gasteiger partial charge in [0.1, 0.15) is 0 Å². The van der Waals surface area contributed by atoms with Crippen LogP contribution in [-0.2, 0) is 4.79 Å². The van der Waals surface area contributed by atoms with Crippen molar-refractivity contribution in [2.24, 2.45) is 0 Å². The molecule has 0 fully saturated rings. The van der Waals surface area contributed by atoms with Gasteiger partial charge in [0, 0.05) is 34.1 Å². The first-order chi connectivity index (χ1) is 14.0. The number of carbonyl (C=O) groups is 3. The van der Waals surface area contributed by atoms with Crippen LogP contribution in [0.3, 0.4) is 0 Å². The second-order valence-electron chi connectivity index (χ2n) is 8.40. The molecule has 160 valence electrons. The maximum atomic E-state index is 12.3. The Labute approximate surface area is 177 Å². The molecular weight excluding hydrogens is 380 g/mol. The molecule has 30 heavy (non-hydrogen) atoms. The zero-order chi connectivity index (χ0) is 22.3. The van der Waals surface area contributed by atoms with E-state index in [1.807, 2.05) is 34.6 Å². The zero-order valence-electron chi connectivity index (χ0n) is 18.1. The number of carbonyl (C=O) groups excluding carboxylic acids is 3. The third kappa shape index (κ3) is 7.58. The summed E-state index contributed by atoms with van der Waals surface area (Å²) < 4.78 is 0. The molecule has 7 nitrogen and oxygen atoms in total. The molecule has 0 aliphatic carbocycles. The highest BCUT2D eigenvalue weighted by atomic mass is 16.2. The van der Waals surface area contributed by atoms with E-state index in [9.17, 15) is 14.4 Å². The molecule has 7 heteroatoms. The monoisotopic (exact) mass is 410 g/mol. The topological polar surface area (TPSA) is 99.3 Å². The second kappa shape index (κ2) is 9.91. The van der Waals surface area contributed by atoms with Gasteiger partial charge in [0.25, 0.3) is 11.8 Å². The highest BCUT2D eigenvalue weighted by molar-refractivity contribution is 5.98. The van der Waals surface area contributed by atoms with Crippen LogP contribution < -0.4 is 21.3 Å². The van der Waals surface area contributed by atoms with E-state index in [-0.39, 0.29) is 35.8 Å². The smallest absolute Gasteiger partial charge is 0.251 e. The van der Waals surface area contributed by atoms with Gasteiger partial charge in [0.2, 0.25) is 5.91 Å². The van der Waals surface area contributed by atoms with Gasteiger partial charge < -0.3 is 21.3 Å². The number of amides is 3. The lowest BCUT2D eigenvalue weighted by atomic mass is 10.1. The van der Waals surface area contributed by atoms with E-state index in [1.165, 1.54) is 0 Å². The molecule has 3 amide bonds. The van der Waals surface area contributed by atoms with E-state index in [0.717, 1.165) is 0 Å². The van der Waals surface area contributed by atoms with Crippen molar-refractivity contribution in [2.75, 3.05) is 17.2 Å². The van der Waals surface area contributed by atoms with E-state index in [1.54, 1.807) is 48.5 Å². The second-order valence-corrected chi connectivity index (χ2v) is 8.40. The maximum Gasteiger partial charge on any atom is 0.251 e. The van der Waals surface area contributed by atoms with Crippen molar-refractivity contribution < 1.29 is 14.4 Å². The normalized spacial score (nSPS) is 11.0. The summed E-state index contributed by atoms with van der Waals surface area (Å²) in [7, 11) is 0. The highest BCUT2D eigenvalue weighted by Crippen LogP contribution is 2.13. The summed E-state index contributed by atoms with van der Waals surface area (Å²) in [6.45, 7) is 9.53. The van der Waals surface area contributed by atoms with Crippen LogP contribution in [0, 0.1) is 0 Å². The molecule has 2 aromatic rings. The lowest BCUT2D eigenvalue weighted by Crippen LogP contribution is -2.40. The van der Waals surface area contributed by atoms with Crippen LogP contribution in [0.2, 0.25) is 0 Å². The van der Waals surface area contributed by atoms with E-state index in [2.05, 4.69) is 21.3 Å². The number of hydrogen-bond acceptors (Lipinski definition) is 4. The molecule has 0 heterocycles. The summed E-state index contributed by atoms with van der Waals surface area (Å²) in [5.41, 5.74) is 1.85. The van der Waals surface area contributed by atoms with E-state index < -0.39 is 0 Å². The largest absolute Gasteiger partial charge is 0.376 e. The number of hydrogen-bond donors (Lipinski definition) is 4. The van der Waals surface area contributed by atoms with Crippen molar-refractivity contribution in [2.45, 2.75) is 46.2 Å². The fourth-order valence-corrected chi connectivity index (χ4v) is 2.65. The fourth-order valence-electron chi connectivity index (χ4n) is 2.65. The van der Waals surface area contributed by atoms with E-state index >= 15 is 0 Å². The first-order valence-corrected chi connectivity index (χ1v) is 9.91. The summed E-state index contributed by atoms with van der Waals surface area (Å²) in [5.74, 6) is -0.628. The third-order valence-electron chi connectivity index (χ3n) is 3.89.